The minimum atomic E-state index is 0.380. The predicted octanol–water partition coefficient (Wildman–Crippen LogP) is 3.33. The number of phenolic OH excluding ortho intramolecular Hbond substituents is 1. The van der Waals surface area contributed by atoms with E-state index in [0.717, 1.165) is 38.4 Å². The molecular formula is C19H24N2O. The molecule has 1 saturated heterocycles. The van der Waals surface area contributed by atoms with Crippen LogP contribution in [-0.4, -0.2) is 36.2 Å². The summed E-state index contributed by atoms with van der Waals surface area (Å²) in [6.45, 7) is 9.31. The Labute approximate surface area is 132 Å². The van der Waals surface area contributed by atoms with Crippen molar-refractivity contribution in [3.05, 3.63) is 59.2 Å². The lowest BCUT2D eigenvalue weighted by molar-refractivity contribution is 0.249. The van der Waals surface area contributed by atoms with Crippen LogP contribution in [0.15, 0.2) is 42.5 Å². The van der Waals surface area contributed by atoms with E-state index in [1.807, 2.05) is 18.2 Å². The highest BCUT2D eigenvalue weighted by molar-refractivity contribution is 5.57. The first-order valence-corrected chi connectivity index (χ1v) is 7.94. The number of aromatic hydroxyl groups is 1. The van der Waals surface area contributed by atoms with E-state index in [-0.39, 0.29) is 0 Å². The highest BCUT2D eigenvalue weighted by Crippen LogP contribution is 2.27. The van der Waals surface area contributed by atoms with Crippen LogP contribution >= 0.6 is 0 Å². The van der Waals surface area contributed by atoms with Crippen LogP contribution in [0.4, 0.5) is 5.69 Å². The molecule has 3 nitrogen and oxygen atoms in total. The molecule has 1 N–H and O–H groups in total. The first-order chi connectivity index (χ1) is 10.6. The smallest absolute Gasteiger partial charge is 0.138 e. The highest BCUT2D eigenvalue weighted by atomic mass is 16.3. The number of anilines is 1. The lowest BCUT2D eigenvalue weighted by atomic mass is 10.1. The maximum absolute atomic E-state index is 9.97. The zero-order valence-corrected chi connectivity index (χ0v) is 13.4. The lowest BCUT2D eigenvalue weighted by Gasteiger charge is -2.36. The van der Waals surface area contributed by atoms with Crippen molar-refractivity contribution in [3.8, 4) is 5.75 Å². The van der Waals surface area contributed by atoms with Gasteiger partial charge in [0.2, 0.25) is 0 Å². The zero-order valence-electron chi connectivity index (χ0n) is 13.4. The summed E-state index contributed by atoms with van der Waals surface area (Å²) >= 11 is 0. The number of phenols is 1. The Morgan fingerprint density at radius 2 is 1.55 bits per heavy atom. The second kappa shape index (κ2) is 6.41. The Morgan fingerprint density at radius 1 is 0.909 bits per heavy atom. The van der Waals surface area contributed by atoms with Crippen LogP contribution in [0.25, 0.3) is 0 Å². The van der Waals surface area contributed by atoms with Gasteiger partial charge in [-0.15, -0.1) is 0 Å². The van der Waals surface area contributed by atoms with E-state index in [4.69, 9.17) is 0 Å². The molecule has 0 bridgehead atoms. The van der Waals surface area contributed by atoms with Crippen molar-refractivity contribution in [1.29, 1.82) is 0 Å². The Morgan fingerprint density at radius 3 is 2.18 bits per heavy atom. The van der Waals surface area contributed by atoms with Crippen LogP contribution in [0.2, 0.25) is 0 Å². The van der Waals surface area contributed by atoms with E-state index < -0.39 is 0 Å². The van der Waals surface area contributed by atoms with Crippen LogP contribution in [0.3, 0.4) is 0 Å². The Hall–Kier alpha value is -2.00. The maximum Gasteiger partial charge on any atom is 0.138 e. The summed E-state index contributed by atoms with van der Waals surface area (Å²) in [6.07, 6.45) is 0. The Kier molecular flexibility index (Phi) is 4.34. The highest BCUT2D eigenvalue weighted by Gasteiger charge is 2.19. The molecule has 22 heavy (non-hydrogen) atoms. The molecule has 0 radical (unpaired) electrons. The van der Waals surface area contributed by atoms with Gasteiger partial charge < -0.3 is 10.0 Å². The van der Waals surface area contributed by atoms with E-state index in [1.165, 1.54) is 16.7 Å². The van der Waals surface area contributed by atoms with E-state index in [9.17, 15) is 5.11 Å². The van der Waals surface area contributed by atoms with Crippen molar-refractivity contribution in [3.63, 3.8) is 0 Å². The standard InChI is InChI=1S/C19H24N2O/c1-15-11-16(2)13-17(12-15)14-20-7-9-21(10-8-20)18-5-3-4-6-19(18)22/h3-6,11-13,22H,7-10,14H2,1-2H3. The van der Waals surface area contributed by atoms with E-state index in [2.05, 4.69) is 41.8 Å². The van der Waals surface area contributed by atoms with Gasteiger partial charge in [0.25, 0.3) is 0 Å². The van der Waals surface area contributed by atoms with Gasteiger partial charge in [0, 0.05) is 32.7 Å². The molecule has 2 aromatic carbocycles. The van der Waals surface area contributed by atoms with Crippen molar-refractivity contribution >= 4 is 5.69 Å². The summed E-state index contributed by atoms with van der Waals surface area (Å²) < 4.78 is 0. The SMILES string of the molecule is Cc1cc(C)cc(CN2CCN(c3ccccc3O)CC2)c1. The number of aryl methyl sites for hydroxylation is 2. The first kappa shape index (κ1) is 14.9. The molecule has 116 valence electrons. The van der Waals surface area contributed by atoms with Crippen molar-refractivity contribution in [2.75, 3.05) is 31.1 Å². The molecule has 3 heteroatoms. The Balaban J connectivity index is 1.61. The molecule has 1 fully saturated rings. The molecule has 0 atom stereocenters. The fourth-order valence-electron chi connectivity index (χ4n) is 3.30. The third-order valence-corrected chi connectivity index (χ3v) is 4.28. The molecule has 0 saturated carbocycles. The summed E-state index contributed by atoms with van der Waals surface area (Å²) in [5, 5.41) is 9.97. The number of piperazine rings is 1. The summed E-state index contributed by atoms with van der Waals surface area (Å²) in [7, 11) is 0. The van der Waals surface area contributed by atoms with Crippen LogP contribution in [0, 0.1) is 13.8 Å². The van der Waals surface area contributed by atoms with Crippen LogP contribution < -0.4 is 4.90 Å². The second-order valence-electron chi connectivity index (χ2n) is 6.25. The van der Waals surface area contributed by atoms with Gasteiger partial charge in [-0.05, 0) is 31.5 Å². The lowest BCUT2D eigenvalue weighted by Crippen LogP contribution is -2.46. The topological polar surface area (TPSA) is 26.7 Å². The van der Waals surface area contributed by atoms with Gasteiger partial charge >= 0.3 is 0 Å². The molecule has 0 aromatic heterocycles. The van der Waals surface area contributed by atoms with Gasteiger partial charge in [-0.2, -0.15) is 0 Å². The average Bonchev–Trinajstić information content (AvgIpc) is 2.48. The maximum atomic E-state index is 9.97. The molecule has 1 aliphatic heterocycles. The van der Waals surface area contributed by atoms with Gasteiger partial charge in [0.1, 0.15) is 5.75 Å². The molecular weight excluding hydrogens is 272 g/mol. The summed E-state index contributed by atoms with van der Waals surface area (Å²) in [6, 6.07) is 14.4. The summed E-state index contributed by atoms with van der Waals surface area (Å²) in [4.78, 5) is 4.76. The minimum Gasteiger partial charge on any atom is -0.506 e. The monoisotopic (exact) mass is 296 g/mol. The van der Waals surface area contributed by atoms with Gasteiger partial charge in [-0.25, -0.2) is 0 Å². The van der Waals surface area contributed by atoms with E-state index >= 15 is 0 Å². The largest absolute Gasteiger partial charge is 0.506 e. The van der Waals surface area contributed by atoms with Gasteiger partial charge in [-0.1, -0.05) is 41.5 Å². The quantitative estimate of drug-likeness (QED) is 0.941. The second-order valence-corrected chi connectivity index (χ2v) is 6.25. The first-order valence-electron chi connectivity index (χ1n) is 7.94. The summed E-state index contributed by atoms with van der Waals surface area (Å²) in [5.74, 6) is 0.380. The van der Waals surface area contributed by atoms with Crippen LogP contribution in [-0.2, 0) is 6.54 Å². The van der Waals surface area contributed by atoms with Crippen LogP contribution in [0.5, 0.6) is 5.75 Å². The number of hydrogen-bond acceptors (Lipinski definition) is 3. The van der Waals surface area contributed by atoms with Crippen molar-refractivity contribution in [2.24, 2.45) is 0 Å². The van der Waals surface area contributed by atoms with Gasteiger partial charge in [0.05, 0.1) is 5.69 Å². The fraction of sp³-hybridized carbons (Fsp3) is 0.368. The van der Waals surface area contributed by atoms with E-state index in [1.54, 1.807) is 6.07 Å². The molecule has 3 rings (SSSR count). The molecule has 0 unspecified atom stereocenters. The predicted molar refractivity (Wildman–Crippen MR) is 91.5 cm³/mol. The zero-order chi connectivity index (χ0) is 15.5. The molecule has 0 aliphatic carbocycles. The van der Waals surface area contributed by atoms with Crippen molar-refractivity contribution < 1.29 is 5.11 Å². The molecule has 2 aromatic rings. The molecule has 0 spiro atoms. The molecule has 0 amide bonds. The number of rotatable bonds is 3. The number of hydrogen-bond donors (Lipinski definition) is 1. The van der Waals surface area contributed by atoms with Gasteiger partial charge in [0.15, 0.2) is 0 Å². The number of benzene rings is 2. The van der Waals surface area contributed by atoms with Crippen molar-refractivity contribution in [2.45, 2.75) is 20.4 Å². The minimum absolute atomic E-state index is 0.380. The number of para-hydroxylation sites is 2. The number of nitrogens with zero attached hydrogens (tertiary/aromatic N) is 2. The molecule has 1 aliphatic rings. The third kappa shape index (κ3) is 3.42. The average molecular weight is 296 g/mol. The molecule has 1 heterocycles. The van der Waals surface area contributed by atoms with Crippen molar-refractivity contribution in [1.82, 2.24) is 4.90 Å². The Bertz CT molecular complexity index is 625. The third-order valence-electron chi connectivity index (χ3n) is 4.28. The normalized spacial score (nSPS) is 16.0. The fourth-order valence-corrected chi connectivity index (χ4v) is 3.30. The van der Waals surface area contributed by atoms with E-state index in [0.29, 0.717) is 5.75 Å². The van der Waals surface area contributed by atoms with Crippen LogP contribution in [0.1, 0.15) is 16.7 Å². The summed E-state index contributed by atoms with van der Waals surface area (Å²) in [5.41, 5.74) is 5.02. The van der Waals surface area contributed by atoms with Gasteiger partial charge in [-0.3, -0.25) is 4.90 Å².